The number of halogens is 4. The van der Waals surface area contributed by atoms with Crippen LogP contribution in [0.2, 0.25) is 0 Å². The van der Waals surface area contributed by atoms with Crippen molar-refractivity contribution in [1.82, 2.24) is 15.2 Å². The van der Waals surface area contributed by atoms with Gasteiger partial charge in [-0.2, -0.15) is 18.3 Å². The molecule has 32 heavy (non-hydrogen) atoms. The third-order valence-corrected chi connectivity index (χ3v) is 4.87. The van der Waals surface area contributed by atoms with Gasteiger partial charge in [0.15, 0.2) is 0 Å². The van der Waals surface area contributed by atoms with Crippen LogP contribution in [0.15, 0.2) is 47.6 Å². The summed E-state index contributed by atoms with van der Waals surface area (Å²) in [5.41, 5.74) is 1.74. The lowest BCUT2D eigenvalue weighted by Crippen LogP contribution is -2.50. The van der Waals surface area contributed by atoms with Crippen LogP contribution < -0.4 is 5.43 Å². The summed E-state index contributed by atoms with van der Waals surface area (Å²) in [5, 5.41) is 13.3. The fourth-order valence-electron chi connectivity index (χ4n) is 3.13. The number of alkyl halides is 3. The highest BCUT2D eigenvalue weighted by Gasteiger charge is 2.30. The molecule has 0 aliphatic carbocycles. The Balaban J connectivity index is 1.46. The minimum absolute atomic E-state index is 0.00871. The van der Waals surface area contributed by atoms with Crippen LogP contribution >= 0.6 is 0 Å². The molecule has 11 heteroatoms. The first kappa shape index (κ1) is 23.2. The van der Waals surface area contributed by atoms with Crippen LogP contribution in [0.1, 0.15) is 21.5 Å². The molecule has 1 saturated heterocycles. The fraction of sp³-hybridized carbons (Fsp3) is 0.286. The molecule has 0 bridgehead atoms. The zero-order valence-corrected chi connectivity index (χ0v) is 16.8. The van der Waals surface area contributed by atoms with E-state index >= 15 is 0 Å². The zero-order valence-electron chi connectivity index (χ0n) is 16.8. The number of amides is 2. The van der Waals surface area contributed by atoms with E-state index in [2.05, 4.69) is 10.5 Å². The smallest absolute Gasteiger partial charge is 0.416 e. The normalized spacial score (nSPS) is 15.2. The number of phenolic OH excluding ortho intramolecular Hbond substituents is 1. The predicted octanol–water partition coefficient (Wildman–Crippen LogP) is 2.46. The lowest BCUT2D eigenvalue weighted by Gasteiger charge is -2.34. The van der Waals surface area contributed by atoms with Crippen molar-refractivity contribution in [3.05, 3.63) is 65.0 Å². The molecule has 1 aliphatic heterocycles. The highest BCUT2D eigenvalue weighted by molar-refractivity contribution is 5.94. The van der Waals surface area contributed by atoms with E-state index < -0.39 is 23.5 Å². The number of benzene rings is 2. The first-order valence-corrected chi connectivity index (χ1v) is 9.63. The molecule has 170 valence electrons. The van der Waals surface area contributed by atoms with Gasteiger partial charge >= 0.3 is 6.18 Å². The summed E-state index contributed by atoms with van der Waals surface area (Å²) in [6.45, 7) is 1.43. The van der Waals surface area contributed by atoms with Gasteiger partial charge in [-0.05, 0) is 42.5 Å². The molecule has 2 amide bonds. The summed E-state index contributed by atoms with van der Waals surface area (Å²) in [4.78, 5) is 27.8. The number of hydrogen-bond acceptors (Lipinski definition) is 5. The van der Waals surface area contributed by atoms with Crippen LogP contribution in [-0.4, -0.2) is 65.7 Å². The molecule has 0 radical (unpaired) electrons. The quantitative estimate of drug-likeness (QED) is 0.415. The molecule has 0 atom stereocenters. The summed E-state index contributed by atoms with van der Waals surface area (Å²) in [5.74, 6) is -1.54. The van der Waals surface area contributed by atoms with E-state index in [9.17, 15) is 32.3 Å². The van der Waals surface area contributed by atoms with Gasteiger partial charge in [0.2, 0.25) is 0 Å². The third-order valence-electron chi connectivity index (χ3n) is 4.87. The van der Waals surface area contributed by atoms with Crippen LogP contribution in [0.5, 0.6) is 5.75 Å². The SMILES string of the molecule is O=C(CN1CCN(C(=O)c2ccc(C(F)(F)F)cc2)CC1)N/N=C\c1cc(F)ccc1O. The van der Waals surface area contributed by atoms with Crippen molar-refractivity contribution < 1.29 is 32.3 Å². The Kier molecular flexibility index (Phi) is 7.08. The van der Waals surface area contributed by atoms with Crippen molar-refractivity contribution >= 4 is 18.0 Å². The van der Waals surface area contributed by atoms with Gasteiger partial charge in [0.1, 0.15) is 11.6 Å². The lowest BCUT2D eigenvalue weighted by atomic mass is 10.1. The molecular formula is C21H20F4N4O3. The monoisotopic (exact) mass is 452 g/mol. The molecule has 3 rings (SSSR count). The van der Waals surface area contributed by atoms with E-state index in [1.807, 2.05) is 0 Å². The fourth-order valence-corrected chi connectivity index (χ4v) is 3.13. The maximum absolute atomic E-state index is 13.2. The average Bonchev–Trinajstić information content (AvgIpc) is 2.75. The van der Waals surface area contributed by atoms with Gasteiger partial charge in [-0.25, -0.2) is 9.82 Å². The number of nitrogens with zero attached hydrogens (tertiary/aromatic N) is 3. The van der Waals surface area contributed by atoms with E-state index in [0.29, 0.717) is 26.2 Å². The molecule has 0 spiro atoms. The predicted molar refractivity (Wildman–Crippen MR) is 108 cm³/mol. The molecule has 2 aromatic carbocycles. The van der Waals surface area contributed by atoms with Gasteiger partial charge in [-0.3, -0.25) is 14.5 Å². The molecule has 7 nitrogen and oxygen atoms in total. The Bertz CT molecular complexity index is 1000. The Morgan fingerprint density at radius 3 is 2.34 bits per heavy atom. The van der Waals surface area contributed by atoms with E-state index in [4.69, 9.17) is 0 Å². The number of hydrazone groups is 1. The maximum atomic E-state index is 13.2. The van der Waals surface area contributed by atoms with Gasteiger partial charge in [-0.1, -0.05) is 0 Å². The van der Waals surface area contributed by atoms with E-state index in [1.54, 1.807) is 4.90 Å². The highest BCUT2D eigenvalue weighted by Crippen LogP contribution is 2.29. The minimum Gasteiger partial charge on any atom is -0.507 e. The van der Waals surface area contributed by atoms with Gasteiger partial charge < -0.3 is 10.0 Å². The van der Waals surface area contributed by atoms with Crippen molar-refractivity contribution in [2.24, 2.45) is 5.10 Å². The van der Waals surface area contributed by atoms with Crippen molar-refractivity contribution in [3.63, 3.8) is 0 Å². The summed E-state index contributed by atoms with van der Waals surface area (Å²) < 4.78 is 51.1. The average molecular weight is 452 g/mol. The Morgan fingerprint density at radius 1 is 1.06 bits per heavy atom. The second-order valence-electron chi connectivity index (χ2n) is 7.14. The molecule has 0 aromatic heterocycles. The Labute approximate surface area is 180 Å². The van der Waals surface area contributed by atoms with Crippen LogP contribution in [0, 0.1) is 5.82 Å². The van der Waals surface area contributed by atoms with E-state index in [-0.39, 0.29) is 29.3 Å². The van der Waals surface area contributed by atoms with Gasteiger partial charge in [0.25, 0.3) is 11.8 Å². The molecule has 0 unspecified atom stereocenters. The van der Waals surface area contributed by atoms with Crippen LogP contribution in [0.3, 0.4) is 0 Å². The lowest BCUT2D eigenvalue weighted by molar-refractivity contribution is -0.137. The number of carbonyl (C=O) groups is 2. The first-order valence-electron chi connectivity index (χ1n) is 9.63. The minimum atomic E-state index is -4.46. The van der Waals surface area contributed by atoms with Gasteiger partial charge in [0.05, 0.1) is 18.3 Å². The molecule has 2 aromatic rings. The molecule has 2 N–H and O–H groups in total. The summed E-state index contributed by atoms with van der Waals surface area (Å²) in [6.07, 6.45) is -3.34. The maximum Gasteiger partial charge on any atom is 0.416 e. The summed E-state index contributed by atoms with van der Waals surface area (Å²) in [6, 6.07) is 7.38. The highest BCUT2D eigenvalue weighted by atomic mass is 19.4. The number of phenols is 1. The van der Waals surface area contributed by atoms with Crippen molar-refractivity contribution in [3.8, 4) is 5.75 Å². The van der Waals surface area contributed by atoms with Crippen LogP contribution in [-0.2, 0) is 11.0 Å². The number of piperazine rings is 1. The zero-order chi connectivity index (χ0) is 23.3. The Hall–Kier alpha value is -3.47. The van der Waals surface area contributed by atoms with Gasteiger partial charge in [0, 0.05) is 37.3 Å². The van der Waals surface area contributed by atoms with Crippen LogP contribution in [0.25, 0.3) is 0 Å². The second kappa shape index (κ2) is 9.77. The molecule has 1 aliphatic rings. The number of carbonyl (C=O) groups excluding carboxylic acids is 2. The topological polar surface area (TPSA) is 85.2 Å². The first-order chi connectivity index (χ1) is 15.1. The molecular weight excluding hydrogens is 432 g/mol. The van der Waals surface area contributed by atoms with E-state index in [0.717, 1.165) is 42.6 Å². The van der Waals surface area contributed by atoms with Crippen LogP contribution in [0.4, 0.5) is 17.6 Å². The molecule has 1 heterocycles. The number of nitrogens with one attached hydrogen (secondary N) is 1. The standard InChI is InChI=1S/C21H20F4N4O3/c22-17-5-6-18(30)15(11-17)12-26-27-19(31)13-28-7-9-29(10-8-28)20(32)14-1-3-16(4-2-14)21(23,24)25/h1-6,11-12,30H,7-10,13H2,(H,27,31)/b26-12-. The van der Waals surface area contributed by atoms with Gasteiger partial charge in [-0.15, -0.1) is 0 Å². The largest absolute Gasteiger partial charge is 0.507 e. The molecule has 1 fully saturated rings. The third kappa shape index (κ3) is 6.03. The number of rotatable bonds is 5. The van der Waals surface area contributed by atoms with E-state index in [1.165, 1.54) is 11.0 Å². The summed E-state index contributed by atoms with van der Waals surface area (Å²) in [7, 11) is 0. The molecule has 0 saturated carbocycles. The number of aromatic hydroxyl groups is 1. The summed E-state index contributed by atoms with van der Waals surface area (Å²) >= 11 is 0. The van der Waals surface area contributed by atoms with Crippen molar-refractivity contribution in [2.75, 3.05) is 32.7 Å². The number of hydrogen-bond donors (Lipinski definition) is 2. The second-order valence-corrected chi connectivity index (χ2v) is 7.14. The van der Waals surface area contributed by atoms with Crippen molar-refractivity contribution in [1.29, 1.82) is 0 Å². The Morgan fingerprint density at radius 2 is 1.72 bits per heavy atom. The van der Waals surface area contributed by atoms with Crippen molar-refractivity contribution in [2.45, 2.75) is 6.18 Å².